The second kappa shape index (κ2) is 8.55. The first kappa shape index (κ1) is 21.1. The first-order valence-corrected chi connectivity index (χ1v) is 12.3. The standard InChI is InChI=1S/C23H30N2O4S/c1-16-19(23-18(15-22(26)27)9-2-4-10-20(23)24-16)14-17-8-3-5-11-21(17)30(28,29)25-12-6-7-13-25/h3,5,8,11,18,24H,2,4,6-7,9-10,12-15H2,1H3,(H,26,27). The molecule has 2 heterocycles. The van der Waals surface area contributed by atoms with Crippen LogP contribution in [-0.2, 0) is 27.7 Å². The zero-order valence-corrected chi connectivity index (χ0v) is 18.3. The molecule has 1 aromatic carbocycles. The fourth-order valence-electron chi connectivity index (χ4n) is 5.08. The maximum absolute atomic E-state index is 13.3. The number of hydrogen-bond donors (Lipinski definition) is 2. The summed E-state index contributed by atoms with van der Waals surface area (Å²) in [7, 11) is -3.52. The first-order valence-electron chi connectivity index (χ1n) is 10.9. The van der Waals surface area contributed by atoms with E-state index in [4.69, 9.17) is 0 Å². The van der Waals surface area contributed by atoms with Crippen molar-refractivity contribution in [3.63, 3.8) is 0 Å². The highest BCUT2D eigenvalue weighted by molar-refractivity contribution is 7.89. The number of rotatable bonds is 6. The minimum Gasteiger partial charge on any atom is -0.481 e. The van der Waals surface area contributed by atoms with E-state index in [1.54, 1.807) is 16.4 Å². The number of nitrogens with one attached hydrogen (secondary N) is 1. The minimum atomic E-state index is -3.52. The van der Waals surface area contributed by atoms with Gasteiger partial charge in [-0.15, -0.1) is 0 Å². The van der Waals surface area contributed by atoms with Crippen LogP contribution in [0.4, 0.5) is 0 Å². The van der Waals surface area contributed by atoms with Gasteiger partial charge in [0.15, 0.2) is 0 Å². The average Bonchev–Trinajstić information content (AvgIpc) is 3.30. The molecule has 0 saturated carbocycles. The van der Waals surface area contributed by atoms with Gasteiger partial charge in [0.25, 0.3) is 0 Å². The molecule has 30 heavy (non-hydrogen) atoms. The van der Waals surface area contributed by atoms with E-state index in [2.05, 4.69) is 4.98 Å². The van der Waals surface area contributed by atoms with E-state index in [1.807, 2.05) is 19.1 Å². The number of fused-ring (bicyclic) bond motifs is 1. The van der Waals surface area contributed by atoms with Gasteiger partial charge in [-0.05, 0) is 67.7 Å². The number of carboxylic acid groups (broad SMARTS) is 1. The van der Waals surface area contributed by atoms with Crippen LogP contribution in [0.15, 0.2) is 29.2 Å². The molecule has 1 unspecified atom stereocenters. The Balaban J connectivity index is 1.75. The molecule has 2 aromatic rings. The summed E-state index contributed by atoms with van der Waals surface area (Å²) in [5.74, 6) is -0.808. The molecule has 1 aromatic heterocycles. The van der Waals surface area contributed by atoms with Crippen molar-refractivity contribution >= 4 is 16.0 Å². The van der Waals surface area contributed by atoms with Crippen LogP contribution in [0.1, 0.15) is 72.5 Å². The summed E-state index contributed by atoms with van der Waals surface area (Å²) in [4.78, 5) is 15.4. The fourth-order valence-corrected chi connectivity index (χ4v) is 6.82. The lowest BCUT2D eigenvalue weighted by Crippen LogP contribution is -2.28. The SMILES string of the molecule is Cc1[nH]c2c(c1Cc1ccccc1S(=O)(=O)N1CCCC1)C(CC(=O)O)CCCC2. The molecule has 7 heteroatoms. The molecule has 0 amide bonds. The van der Waals surface area contributed by atoms with Crippen LogP contribution in [0.5, 0.6) is 0 Å². The highest BCUT2D eigenvalue weighted by Crippen LogP contribution is 2.38. The molecule has 0 bridgehead atoms. The summed E-state index contributed by atoms with van der Waals surface area (Å²) >= 11 is 0. The third-order valence-electron chi connectivity index (χ3n) is 6.52. The van der Waals surface area contributed by atoms with Crippen molar-refractivity contribution in [2.75, 3.05) is 13.1 Å². The summed E-state index contributed by atoms with van der Waals surface area (Å²) < 4.78 is 28.1. The first-order chi connectivity index (χ1) is 14.4. The number of aliphatic carboxylic acids is 1. The number of carbonyl (C=O) groups is 1. The second-order valence-corrected chi connectivity index (χ2v) is 10.5. The van der Waals surface area contributed by atoms with Crippen LogP contribution in [0.25, 0.3) is 0 Å². The molecule has 6 nitrogen and oxygen atoms in total. The Morgan fingerprint density at radius 3 is 2.63 bits per heavy atom. The zero-order valence-electron chi connectivity index (χ0n) is 17.5. The summed E-state index contributed by atoms with van der Waals surface area (Å²) in [6.45, 7) is 3.17. The van der Waals surface area contributed by atoms with Gasteiger partial charge in [0, 0.05) is 30.9 Å². The quantitative estimate of drug-likeness (QED) is 0.678. The molecule has 162 valence electrons. The molecule has 0 spiro atoms. The predicted molar refractivity (Wildman–Crippen MR) is 115 cm³/mol. The van der Waals surface area contributed by atoms with E-state index in [1.165, 1.54) is 0 Å². The van der Waals surface area contributed by atoms with Gasteiger partial charge in [-0.2, -0.15) is 4.31 Å². The largest absolute Gasteiger partial charge is 0.481 e. The van der Waals surface area contributed by atoms with Crippen LogP contribution in [0.2, 0.25) is 0 Å². The third-order valence-corrected chi connectivity index (χ3v) is 8.52. The van der Waals surface area contributed by atoms with Crippen molar-refractivity contribution in [3.05, 3.63) is 52.3 Å². The Morgan fingerprint density at radius 1 is 1.17 bits per heavy atom. The summed E-state index contributed by atoms with van der Waals surface area (Å²) in [6.07, 6.45) is 6.26. The zero-order chi connectivity index (χ0) is 21.3. The van der Waals surface area contributed by atoms with E-state index < -0.39 is 16.0 Å². The lowest BCUT2D eigenvalue weighted by molar-refractivity contribution is -0.137. The predicted octanol–water partition coefficient (Wildman–Crippen LogP) is 3.98. The Morgan fingerprint density at radius 2 is 1.90 bits per heavy atom. The molecule has 0 radical (unpaired) electrons. The number of benzene rings is 1. The van der Waals surface area contributed by atoms with Crippen molar-refractivity contribution in [1.29, 1.82) is 0 Å². The van der Waals surface area contributed by atoms with Gasteiger partial charge in [-0.3, -0.25) is 4.79 Å². The number of H-pyrrole nitrogens is 1. The smallest absolute Gasteiger partial charge is 0.303 e. The summed E-state index contributed by atoms with van der Waals surface area (Å²) in [5, 5.41) is 9.45. The van der Waals surface area contributed by atoms with Crippen molar-refractivity contribution in [3.8, 4) is 0 Å². The number of aromatic amines is 1. The Labute approximate surface area is 178 Å². The molecule has 1 saturated heterocycles. The van der Waals surface area contributed by atoms with Crippen molar-refractivity contribution in [2.45, 2.75) is 69.1 Å². The Hall–Kier alpha value is -2.12. The molecule has 1 aliphatic heterocycles. The van der Waals surface area contributed by atoms with Crippen LogP contribution < -0.4 is 0 Å². The summed E-state index contributed by atoms with van der Waals surface area (Å²) in [5.41, 5.74) is 5.12. The summed E-state index contributed by atoms with van der Waals surface area (Å²) in [6, 6.07) is 7.26. The van der Waals surface area contributed by atoms with Crippen LogP contribution >= 0.6 is 0 Å². The van der Waals surface area contributed by atoms with E-state index in [0.717, 1.165) is 66.6 Å². The molecular formula is C23H30N2O4S. The number of aromatic nitrogens is 1. The van der Waals surface area contributed by atoms with Crippen molar-refractivity contribution in [2.24, 2.45) is 0 Å². The highest BCUT2D eigenvalue weighted by Gasteiger charge is 2.31. The third kappa shape index (κ3) is 4.05. The second-order valence-electron chi connectivity index (χ2n) is 8.56. The molecule has 1 aliphatic carbocycles. The lowest BCUT2D eigenvalue weighted by atomic mass is 9.87. The molecule has 4 rings (SSSR count). The number of hydrogen-bond acceptors (Lipinski definition) is 3. The van der Waals surface area contributed by atoms with E-state index >= 15 is 0 Å². The monoisotopic (exact) mass is 430 g/mol. The number of nitrogens with zero attached hydrogens (tertiary/aromatic N) is 1. The van der Waals surface area contributed by atoms with Gasteiger partial charge in [0.2, 0.25) is 10.0 Å². The van der Waals surface area contributed by atoms with E-state index in [0.29, 0.717) is 24.4 Å². The van der Waals surface area contributed by atoms with Crippen molar-refractivity contribution < 1.29 is 18.3 Å². The van der Waals surface area contributed by atoms with Gasteiger partial charge in [0.1, 0.15) is 0 Å². The molecule has 2 N–H and O–H groups in total. The number of aryl methyl sites for hydroxylation is 2. The van der Waals surface area contributed by atoms with Gasteiger partial charge < -0.3 is 10.1 Å². The molecular weight excluding hydrogens is 400 g/mol. The number of carboxylic acids is 1. The minimum absolute atomic E-state index is 0.0256. The normalized spacial score (nSPS) is 20.1. The Kier molecular flexibility index (Phi) is 6.02. The maximum atomic E-state index is 13.3. The Bertz CT molecular complexity index is 1040. The molecule has 1 fully saturated rings. The van der Waals surface area contributed by atoms with Gasteiger partial charge in [-0.1, -0.05) is 24.6 Å². The fraction of sp³-hybridized carbons (Fsp3) is 0.522. The van der Waals surface area contributed by atoms with Crippen molar-refractivity contribution in [1.82, 2.24) is 9.29 Å². The average molecular weight is 431 g/mol. The molecule has 2 aliphatic rings. The highest BCUT2D eigenvalue weighted by atomic mass is 32.2. The van der Waals surface area contributed by atoms with E-state index in [9.17, 15) is 18.3 Å². The van der Waals surface area contributed by atoms with Gasteiger partial charge in [0.05, 0.1) is 11.3 Å². The van der Waals surface area contributed by atoms with Crippen LogP contribution in [-0.4, -0.2) is 41.9 Å². The van der Waals surface area contributed by atoms with Crippen LogP contribution in [0, 0.1) is 6.92 Å². The maximum Gasteiger partial charge on any atom is 0.303 e. The molecule has 1 atom stereocenters. The topological polar surface area (TPSA) is 90.5 Å². The van der Waals surface area contributed by atoms with E-state index in [-0.39, 0.29) is 12.3 Å². The van der Waals surface area contributed by atoms with Crippen LogP contribution in [0.3, 0.4) is 0 Å². The van der Waals surface area contributed by atoms with Gasteiger partial charge >= 0.3 is 5.97 Å². The lowest BCUT2D eigenvalue weighted by Gasteiger charge is -2.20. The van der Waals surface area contributed by atoms with Gasteiger partial charge in [-0.25, -0.2) is 8.42 Å². The number of sulfonamides is 1.